The van der Waals surface area contributed by atoms with Gasteiger partial charge in [-0.3, -0.25) is 10.1 Å². The molecule has 0 fully saturated rings. The third-order valence-electron chi connectivity index (χ3n) is 2.75. The molecule has 6 nitrogen and oxygen atoms in total. The summed E-state index contributed by atoms with van der Waals surface area (Å²) in [7, 11) is 0. The van der Waals surface area contributed by atoms with Crippen molar-refractivity contribution in [3.8, 4) is 0 Å². The summed E-state index contributed by atoms with van der Waals surface area (Å²) in [4.78, 5) is 10.4. The molecule has 0 radical (unpaired) electrons. The van der Waals surface area contributed by atoms with E-state index in [4.69, 9.17) is 9.47 Å². The van der Waals surface area contributed by atoms with Gasteiger partial charge in [0.25, 0.3) is 5.69 Å². The van der Waals surface area contributed by atoms with Crippen LogP contribution in [0.2, 0.25) is 0 Å². The number of anilines is 1. The monoisotopic (exact) mass is 282 g/mol. The Kier molecular flexibility index (Phi) is 6.97. The molecular formula is C14H22N2O4. The van der Waals surface area contributed by atoms with Crippen LogP contribution in [-0.4, -0.2) is 30.8 Å². The number of hydrogen-bond acceptors (Lipinski definition) is 5. The zero-order valence-corrected chi connectivity index (χ0v) is 12.2. The van der Waals surface area contributed by atoms with Gasteiger partial charge in [0.05, 0.1) is 24.2 Å². The number of nitro benzene ring substituents is 1. The Labute approximate surface area is 119 Å². The maximum absolute atomic E-state index is 10.8. The Balaban J connectivity index is 2.74. The van der Waals surface area contributed by atoms with Crippen molar-refractivity contribution in [2.75, 3.05) is 25.1 Å². The van der Waals surface area contributed by atoms with Gasteiger partial charge in [-0.1, -0.05) is 0 Å². The first kappa shape index (κ1) is 16.4. The summed E-state index contributed by atoms with van der Waals surface area (Å²) in [5.74, 6) is 0. The molecule has 0 aliphatic heterocycles. The summed E-state index contributed by atoms with van der Waals surface area (Å²) in [5, 5.41) is 14.0. The second-order valence-corrected chi connectivity index (χ2v) is 4.41. The highest BCUT2D eigenvalue weighted by Gasteiger charge is 2.12. The maximum atomic E-state index is 10.8. The molecule has 0 saturated heterocycles. The van der Waals surface area contributed by atoms with Crippen LogP contribution in [0.3, 0.4) is 0 Å². The van der Waals surface area contributed by atoms with Crippen LogP contribution in [0.1, 0.15) is 26.3 Å². The number of benzene rings is 1. The van der Waals surface area contributed by atoms with Gasteiger partial charge in [-0.2, -0.15) is 0 Å². The number of nitrogens with one attached hydrogen (secondary N) is 1. The van der Waals surface area contributed by atoms with Crippen LogP contribution in [0.4, 0.5) is 11.4 Å². The number of nitrogens with zero attached hydrogens (tertiary/aromatic N) is 1. The van der Waals surface area contributed by atoms with E-state index in [1.54, 1.807) is 12.1 Å². The second-order valence-electron chi connectivity index (χ2n) is 4.41. The molecule has 0 spiro atoms. The zero-order chi connectivity index (χ0) is 15.0. The van der Waals surface area contributed by atoms with E-state index in [-0.39, 0.29) is 11.8 Å². The molecule has 0 amide bonds. The Morgan fingerprint density at radius 1 is 1.40 bits per heavy atom. The molecule has 112 valence electrons. The van der Waals surface area contributed by atoms with Crippen LogP contribution < -0.4 is 5.32 Å². The van der Waals surface area contributed by atoms with Gasteiger partial charge in [0.2, 0.25) is 0 Å². The van der Waals surface area contributed by atoms with Gasteiger partial charge in [-0.05, 0) is 26.8 Å². The predicted octanol–water partition coefficient (Wildman–Crippen LogP) is 2.97. The smallest absolute Gasteiger partial charge is 0.269 e. The molecule has 1 unspecified atom stereocenters. The minimum atomic E-state index is -0.400. The maximum Gasteiger partial charge on any atom is 0.269 e. The number of hydrogen-bond donors (Lipinski definition) is 1. The van der Waals surface area contributed by atoms with Crippen molar-refractivity contribution < 1.29 is 14.4 Å². The van der Waals surface area contributed by atoms with Gasteiger partial charge in [-0.25, -0.2) is 0 Å². The van der Waals surface area contributed by atoms with Crippen LogP contribution in [0.25, 0.3) is 0 Å². The fraction of sp³-hybridized carbons (Fsp3) is 0.571. The number of non-ortho nitro benzene ring substituents is 1. The van der Waals surface area contributed by atoms with Gasteiger partial charge in [0.1, 0.15) is 0 Å². The molecule has 0 saturated carbocycles. The quantitative estimate of drug-likeness (QED) is 0.557. The average molecular weight is 282 g/mol. The van der Waals surface area contributed by atoms with Crippen LogP contribution >= 0.6 is 0 Å². The third-order valence-corrected chi connectivity index (χ3v) is 2.75. The van der Waals surface area contributed by atoms with Gasteiger partial charge < -0.3 is 14.8 Å². The van der Waals surface area contributed by atoms with E-state index in [0.717, 1.165) is 17.8 Å². The van der Waals surface area contributed by atoms with E-state index in [1.165, 1.54) is 6.07 Å². The molecule has 1 aromatic rings. The molecular weight excluding hydrogens is 260 g/mol. The molecule has 0 aliphatic rings. The van der Waals surface area contributed by atoms with Gasteiger partial charge in [0.15, 0.2) is 0 Å². The predicted molar refractivity (Wildman–Crippen MR) is 78.0 cm³/mol. The largest absolute Gasteiger partial charge is 0.385 e. The molecule has 1 aromatic carbocycles. The summed E-state index contributed by atoms with van der Waals surface area (Å²) in [6.07, 6.45) is -0.0521. The molecule has 6 heteroatoms. The van der Waals surface area contributed by atoms with Crippen molar-refractivity contribution in [3.63, 3.8) is 0 Å². The van der Waals surface area contributed by atoms with Crippen LogP contribution in [-0.2, 0) is 16.1 Å². The van der Waals surface area contributed by atoms with Gasteiger partial charge in [0, 0.05) is 36.5 Å². The van der Waals surface area contributed by atoms with E-state index in [0.29, 0.717) is 19.8 Å². The fourth-order valence-corrected chi connectivity index (χ4v) is 1.74. The molecule has 0 bridgehead atoms. The second kappa shape index (κ2) is 8.50. The van der Waals surface area contributed by atoms with Crippen molar-refractivity contribution in [2.45, 2.75) is 33.5 Å². The Bertz CT molecular complexity index is 437. The standard InChI is InChI=1S/C14H22N2O4/c1-4-15-14-7-6-13(16(17)18)8-12(14)10-20-11(3)9-19-5-2/h6-8,11,15H,4-5,9-10H2,1-3H3. The number of rotatable bonds is 9. The average Bonchev–Trinajstić information content (AvgIpc) is 2.44. The number of nitro groups is 1. The molecule has 0 aliphatic carbocycles. The lowest BCUT2D eigenvalue weighted by Crippen LogP contribution is -2.16. The molecule has 20 heavy (non-hydrogen) atoms. The lowest BCUT2D eigenvalue weighted by molar-refractivity contribution is -0.384. The Morgan fingerprint density at radius 3 is 2.75 bits per heavy atom. The van der Waals surface area contributed by atoms with Gasteiger partial charge >= 0.3 is 0 Å². The normalized spacial score (nSPS) is 12.2. The zero-order valence-electron chi connectivity index (χ0n) is 12.2. The first-order chi connectivity index (χ1) is 9.58. The highest BCUT2D eigenvalue weighted by Crippen LogP contribution is 2.23. The topological polar surface area (TPSA) is 73.6 Å². The lowest BCUT2D eigenvalue weighted by atomic mass is 10.1. The van der Waals surface area contributed by atoms with Crippen molar-refractivity contribution in [2.24, 2.45) is 0 Å². The summed E-state index contributed by atoms with van der Waals surface area (Å²) in [6.45, 7) is 8.05. The number of ether oxygens (including phenoxy) is 2. The van der Waals surface area contributed by atoms with E-state index in [9.17, 15) is 10.1 Å². The van der Waals surface area contributed by atoms with E-state index in [2.05, 4.69) is 5.32 Å². The lowest BCUT2D eigenvalue weighted by Gasteiger charge is -2.15. The van der Waals surface area contributed by atoms with Gasteiger partial charge in [-0.15, -0.1) is 0 Å². The first-order valence-electron chi connectivity index (χ1n) is 6.79. The third kappa shape index (κ3) is 5.14. The van der Waals surface area contributed by atoms with E-state index < -0.39 is 4.92 Å². The van der Waals surface area contributed by atoms with Crippen LogP contribution in [0, 0.1) is 10.1 Å². The fourth-order valence-electron chi connectivity index (χ4n) is 1.74. The minimum Gasteiger partial charge on any atom is -0.385 e. The van der Waals surface area contributed by atoms with Crippen molar-refractivity contribution in [1.29, 1.82) is 0 Å². The summed E-state index contributed by atoms with van der Waals surface area (Å²) >= 11 is 0. The van der Waals surface area contributed by atoms with E-state index in [1.807, 2.05) is 20.8 Å². The van der Waals surface area contributed by atoms with Crippen LogP contribution in [0.15, 0.2) is 18.2 Å². The van der Waals surface area contributed by atoms with Crippen molar-refractivity contribution in [3.05, 3.63) is 33.9 Å². The summed E-state index contributed by atoms with van der Waals surface area (Å²) in [6, 6.07) is 4.75. The van der Waals surface area contributed by atoms with E-state index >= 15 is 0 Å². The Hall–Kier alpha value is -1.66. The molecule has 1 rings (SSSR count). The molecule has 0 heterocycles. The van der Waals surface area contributed by atoms with Crippen molar-refractivity contribution in [1.82, 2.24) is 0 Å². The minimum absolute atomic E-state index is 0.0521. The van der Waals surface area contributed by atoms with Crippen LogP contribution in [0.5, 0.6) is 0 Å². The SMILES string of the molecule is CCNc1ccc([N+](=O)[O-])cc1COC(C)COCC. The first-order valence-corrected chi connectivity index (χ1v) is 6.79. The molecule has 0 aromatic heterocycles. The molecule has 1 N–H and O–H groups in total. The summed E-state index contributed by atoms with van der Waals surface area (Å²) < 4.78 is 10.9. The highest BCUT2D eigenvalue weighted by atomic mass is 16.6. The Morgan fingerprint density at radius 2 is 2.15 bits per heavy atom. The summed E-state index contributed by atoms with van der Waals surface area (Å²) in [5.41, 5.74) is 1.72. The molecule has 1 atom stereocenters. The highest BCUT2D eigenvalue weighted by molar-refractivity contribution is 5.55. The van der Waals surface area contributed by atoms with Crippen molar-refractivity contribution >= 4 is 11.4 Å².